The molecule has 1 aliphatic heterocycles. The molecule has 1 heterocycles. The number of fused-ring (bicyclic) bond motifs is 1. The van der Waals surface area contributed by atoms with Crippen LogP contribution in [0.15, 0.2) is 18.2 Å². The average molecular weight is 290 g/mol. The Morgan fingerprint density at radius 3 is 2.71 bits per heavy atom. The van der Waals surface area contributed by atoms with Gasteiger partial charge in [0.1, 0.15) is 0 Å². The number of hydrogen-bond acceptors (Lipinski definition) is 3. The van der Waals surface area contributed by atoms with Crippen molar-refractivity contribution < 1.29 is 14.7 Å². The fourth-order valence-corrected chi connectivity index (χ4v) is 2.59. The molecule has 0 saturated heterocycles. The van der Waals surface area contributed by atoms with E-state index in [0.29, 0.717) is 31.5 Å². The van der Waals surface area contributed by atoms with Gasteiger partial charge in [-0.05, 0) is 29.5 Å². The van der Waals surface area contributed by atoms with Crippen molar-refractivity contribution >= 4 is 11.9 Å². The van der Waals surface area contributed by atoms with E-state index in [-0.39, 0.29) is 17.9 Å². The summed E-state index contributed by atoms with van der Waals surface area (Å²) < 4.78 is 0. The van der Waals surface area contributed by atoms with Crippen LogP contribution in [0.4, 0.5) is 0 Å². The quantitative estimate of drug-likeness (QED) is 0.883. The standard InChI is InChI=1S/C16H22N2O3/c1-10(2)14(17)8-15(19)18-7-6-12-11(9-18)4-3-5-13(12)16(20)21/h3-5,10,14H,6-9,17H2,1-2H3,(H,20,21). The lowest BCUT2D eigenvalue weighted by Gasteiger charge is -2.31. The maximum atomic E-state index is 12.3. The van der Waals surface area contributed by atoms with E-state index in [1.165, 1.54) is 0 Å². The van der Waals surface area contributed by atoms with Crippen molar-refractivity contribution in [1.29, 1.82) is 0 Å². The van der Waals surface area contributed by atoms with Gasteiger partial charge in [-0.2, -0.15) is 0 Å². The van der Waals surface area contributed by atoms with Crippen LogP contribution in [-0.2, 0) is 17.8 Å². The molecule has 1 aromatic rings. The predicted molar refractivity (Wildman–Crippen MR) is 80.0 cm³/mol. The molecule has 0 bridgehead atoms. The van der Waals surface area contributed by atoms with Gasteiger partial charge in [-0.3, -0.25) is 4.79 Å². The van der Waals surface area contributed by atoms with Gasteiger partial charge in [-0.1, -0.05) is 26.0 Å². The summed E-state index contributed by atoms with van der Waals surface area (Å²) in [4.78, 5) is 25.3. The molecule has 21 heavy (non-hydrogen) atoms. The molecule has 3 N–H and O–H groups in total. The van der Waals surface area contributed by atoms with Crippen LogP contribution in [0, 0.1) is 5.92 Å². The molecular formula is C16H22N2O3. The largest absolute Gasteiger partial charge is 0.478 e. The molecule has 114 valence electrons. The monoisotopic (exact) mass is 290 g/mol. The van der Waals surface area contributed by atoms with Gasteiger partial charge >= 0.3 is 5.97 Å². The summed E-state index contributed by atoms with van der Waals surface area (Å²) in [7, 11) is 0. The van der Waals surface area contributed by atoms with Gasteiger partial charge in [0.15, 0.2) is 0 Å². The molecular weight excluding hydrogens is 268 g/mol. The SMILES string of the molecule is CC(C)C(N)CC(=O)N1CCc2c(cccc2C(=O)O)C1. The third kappa shape index (κ3) is 3.42. The molecule has 0 radical (unpaired) electrons. The lowest BCUT2D eigenvalue weighted by atomic mass is 9.93. The smallest absolute Gasteiger partial charge is 0.335 e. The lowest BCUT2D eigenvalue weighted by molar-refractivity contribution is -0.132. The van der Waals surface area contributed by atoms with Gasteiger partial charge in [0.05, 0.1) is 5.56 Å². The first kappa shape index (κ1) is 15.5. The zero-order valence-electron chi connectivity index (χ0n) is 12.5. The summed E-state index contributed by atoms with van der Waals surface area (Å²) in [6.45, 7) is 5.03. The minimum Gasteiger partial charge on any atom is -0.478 e. The molecule has 1 aromatic carbocycles. The van der Waals surface area contributed by atoms with Crippen LogP contribution in [0.2, 0.25) is 0 Å². The molecule has 0 saturated carbocycles. The lowest BCUT2D eigenvalue weighted by Crippen LogP contribution is -2.40. The summed E-state index contributed by atoms with van der Waals surface area (Å²) >= 11 is 0. The number of carbonyl (C=O) groups is 2. The number of hydrogen-bond donors (Lipinski definition) is 2. The first-order valence-corrected chi connectivity index (χ1v) is 7.27. The molecule has 1 unspecified atom stereocenters. The summed E-state index contributed by atoms with van der Waals surface area (Å²) in [5.41, 5.74) is 8.08. The number of carbonyl (C=O) groups excluding carboxylic acids is 1. The Hall–Kier alpha value is -1.88. The average Bonchev–Trinajstić information content (AvgIpc) is 2.45. The molecule has 5 heteroatoms. The van der Waals surface area contributed by atoms with Crippen molar-refractivity contribution in [3.63, 3.8) is 0 Å². The molecule has 1 amide bonds. The normalized spacial score (nSPS) is 15.7. The van der Waals surface area contributed by atoms with Gasteiger partial charge in [-0.25, -0.2) is 4.79 Å². The van der Waals surface area contributed by atoms with E-state index in [0.717, 1.165) is 11.1 Å². The highest BCUT2D eigenvalue weighted by Gasteiger charge is 2.25. The third-order valence-electron chi connectivity index (χ3n) is 4.12. The van der Waals surface area contributed by atoms with Crippen LogP contribution in [-0.4, -0.2) is 34.5 Å². The molecule has 5 nitrogen and oxygen atoms in total. The molecule has 1 atom stereocenters. The Morgan fingerprint density at radius 2 is 2.10 bits per heavy atom. The summed E-state index contributed by atoms with van der Waals surface area (Å²) in [6.07, 6.45) is 0.923. The van der Waals surface area contributed by atoms with Crippen LogP contribution >= 0.6 is 0 Å². The summed E-state index contributed by atoms with van der Waals surface area (Å²) in [5.74, 6) is -0.597. The van der Waals surface area contributed by atoms with Gasteiger partial charge in [0.25, 0.3) is 0 Å². The Morgan fingerprint density at radius 1 is 1.38 bits per heavy atom. The maximum absolute atomic E-state index is 12.3. The maximum Gasteiger partial charge on any atom is 0.335 e. The third-order valence-corrected chi connectivity index (χ3v) is 4.12. The van der Waals surface area contributed by atoms with Gasteiger partial charge in [0.2, 0.25) is 5.91 Å². The fraction of sp³-hybridized carbons (Fsp3) is 0.500. The fourth-order valence-electron chi connectivity index (χ4n) is 2.59. The van der Waals surface area contributed by atoms with Crippen LogP contribution < -0.4 is 5.73 Å². The van der Waals surface area contributed by atoms with Crippen molar-refractivity contribution in [2.75, 3.05) is 6.54 Å². The molecule has 0 spiro atoms. The first-order chi connectivity index (χ1) is 9.90. The Labute approximate surface area is 124 Å². The number of aromatic carboxylic acids is 1. The van der Waals surface area contributed by atoms with Gasteiger partial charge in [-0.15, -0.1) is 0 Å². The highest BCUT2D eigenvalue weighted by atomic mass is 16.4. The number of amides is 1. The van der Waals surface area contributed by atoms with Crippen molar-refractivity contribution in [1.82, 2.24) is 4.90 Å². The van der Waals surface area contributed by atoms with E-state index >= 15 is 0 Å². The molecule has 1 aliphatic rings. The zero-order valence-corrected chi connectivity index (χ0v) is 12.5. The zero-order chi connectivity index (χ0) is 15.6. The van der Waals surface area contributed by atoms with Crippen molar-refractivity contribution in [2.45, 2.75) is 39.3 Å². The second kappa shape index (κ2) is 6.26. The summed E-state index contributed by atoms with van der Waals surface area (Å²) in [5, 5.41) is 9.20. The van der Waals surface area contributed by atoms with Crippen molar-refractivity contribution in [2.24, 2.45) is 11.7 Å². The second-order valence-electron chi connectivity index (χ2n) is 5.93. The van der Waals surface area contributed by atoms with Crippen LogP contribution in [0.1, 0.15) is 41.8 Å². The highest BCUT2D eigenvalue weighted by Crippen LogP contribution is 2.23. The van der Waals surface area contributed by atoms with Gasteiger partial charge in [0, 0.05) is 25.6 Å². The highest BCUT2D eigenvalue weighted by molar-refractivity contribution is 5.90. The van der Waals surface area contributed by atoms with E-state index in [2.05, 4.69) is 0 Å². The van der Waals surface area contributed by atoms with Crippen LogP contribution in [0.3, 0.4) is 0 Å². The predicted octanol–water partition coefficient (Wildman–Crippen LogP) is 1.64. The van der Waals surface area contributed by atoms with E-state index in [1.807, 2.05) is 19.9 Å². The van der Waals surface area contributed by atoms with Gasteiger partial charge < -0.3 is 15.7 Å². The van der Waals surface area contributed by atoms with Crippen molar-refractivity contribution in [3.8, 4) is 0 Å². The Kier molecular flexibility index (Phi) is 4.63. The topological polar surface area (TPSA) is 83.6 Å². The number of carboxylic acids is 1. The molecule has 0 aromatic heterocycles. The Bertz CT molecular complexity index is 554. The van der Waals surface area contributed by atoms with E-state index < -0.39 is 5.97 Å². The number of nitrogens with zero attached hydrogens (tertiary/aromatic N) is 1. The molecule has 2 rings (SSSR count). The molecule has 0 fully saturated rings. The Balaban J connectivity index is 2.11. The van der Waals surface area contributed by atoms with E-state index in [4.69, 9.17) is 5.73 Å². The van der Waals surface area contributed by atoms with Crippen molar-refractivity contribution in [3.05, 3.63) is 34.9 Å². The van der Waals surface area contributed by atoms with E-state index in [9.17, 15) is 14.7 Å². The van der Waals surface area contributed by atoms with Crippen LogP contribution in [0.5, 0.6) is 0 Å². The van der Waals surface area contributed by atoms with E-state index in [1.54, 1.807) is 17.0 Å². The number of nitrogens with two attached hydrogens (primary N) is 1. The second-order valence-corrected chi connectivity index (χ2v) is 5.93. The minimum atomic E-state index is -0.909. The number of benzene rings is 1. The number of rotatable bonds is 4. The minimum absolute atomic E-state index is 0.0441. The molecule has 0 aliphatic carbocycles. The number of carboxylic acid groups (broad SMARTS) is 1. The summed E-state index contributed by atoms with van der Waals surface area (Å²) in [6, 6.07) is 5.11. The van der Waals surface area contributed by atoms with Crippen LogP contribution in [0.25, 0.3) is 0 Å². The first-order valence-electron chi connectivity index (χ1n) is 7.27.